The third-order valence-electron chi connectivity index (χ3n) is 2.04. The fourth-order valence-electron chi connectivity index (χ4n) is 1.29. The zero-order chi connectivity index (χ0) is 10.9. The van der Waals surface area contributed by atoms with Crippen LogP contribution in [0.15, 0.2) is 30.3 Å². The highest BCUT2D eigenvalue weighted by Crippen LogP contribution is 2.17. The van der Waals surface area contributed by atoms with Crippen molar-refractivity contribution < 1.29 is 0 Å². The number of benzene rings is 1. The van der Waals surface area contributed by atoms with Gasteiger partial charge in [-0.25, -0.2) is 0 Å². The first-order valence-electron chi connectivity index (χ1n) is 4.83. The van der Waals surface area contributed by atoms with Gasteiger partial charge >= 0.3 is 0 Å². The lowest BCUT2D eigenvalue weighted by atomic mass is 9.97. The number of rotatable bonds is 2. The summed E-state index contributed by atoms with van der Waals surface area (Å²) in [6.45, 7) is 2.09. The van der Waals surface area contributed by atoms with Crippen molar-refractivity contribution >= 4 is 0 Å². The molecule has 72 valence electrons. The first-order valence-corrected chi connectivity index (χ1v) is 4.83. The van der Waals surface area contributed by atoms with E-state index in [0.717, 1.165) is 6.42 Å². The van der Waals surface area contributed by atoms with Gasteiger partial charge in [0.05, 0.1) is 0 Å². The lowest BCUT2D eigenvalue weighted by Crippen LogP contribution is -1.92. The lowest BCUT2D eigenvalue weighted by molar-refractivity contribution is 0.830. The summed E-state index contributed by atoms with van der Waals surface area (Å²) in [5.41, 5.74) is 1.20. The molecule has 1 aromatic rings. The van der Waals surface area contributed by atoms with E-state index in [2.05, 4.69) is 42.7 Å². The molecule has 0 N–H and O–H groups in total. The second-order valence-corrected chi connectivity index (χ2v) is 3.00. The maximum Gasteiger partial charge on any atom is 0.153 e. The second-order valence-electron chi connectivity index (χ2n) is 3.00. The maximum absolute atomic E-state index is 8.21. The summed E-state index contributed by atoms with van der Waals surface area (Å²) in [6, 6.07) is 11.8. The molecule has 0 radical (unpaired) electrons. The van der Waals surface area contributed by atoms with E-state index in [-0.39, 0.29) is 5.92 Å². The van der Waals surface area contributed by atoms with Gasteiger partial charge in [-0.15, -0.1) is 0 Å². The molecule has 1 aromatic carbocycles. The van der Waals surface area contributed by atoms with E-state index in [1.54, 1.807) is 6.07 Å². The van der Waals surface area contributed by atoms with Crippen LogP contribution in [0, 0.1) is 35.0 Å². The number of hydrogen-bond donors (Lipinski definition) is 0. The van der Waals surface area contributed by atoms with Crippen molar-refractivity contribution in [3.05, 3.63) is 35.9 Å². The maximum atomic E-state index is 8.21. The molecule has 1 atom stereocenters. The Morgan fingerprint density at radius 3 is 2.47 bits per heavy atom. The van der Waals surface area contributed by atoms with Crippen molar-refractivity contribution in [2.75, 3.05) is 0 Å². The monoisotopic (exact) mass is 193 g/mol. The molecule has 0 fully saturated rings. The highest BCUT2D eigenvalue weighted by molar-refractivity contribution is 5.36. The molecule has 15 heavy (non-hydrogen) atoms. The largest absolute Gasteiger partial charge is 0.183 e. The van der Waals surface area contributed by atoms with Gasteiger partial charge in [0.2, 0.25) is 0 Å². The van der Waals surface area contributed by atoms with Crippen LogP contribution >= 0.6 is 0 Å². The van der Waals surface area contributed by atoms with Crippen molar-refractivity contribution in [2.24, 2.45) is 0 Å². The Morgan fingerprint density at radius 2 is 1.87 bits per heavy atom. The minimum atomic E-state index is 0.208. The smallest absolute Gasteiger partial charge is 0.153 e. The zero-order valence-corrected chi connectivity index (χ0v) is 8.62. The molecule has 0 aliphatic carbocycles. The first kappa shape index (κ1) is 10.9. The zero-order valence-electron chi connectivity index (χ0n) is 8.62. The highest BCUT2D eigenvalue weighted by Gasteiger charge is 2.03. The molecule has 0 aromatic heterocycles. The van der Waals surface area contributed by atoms with Gasteiger partial charge in [0.25, 0.3) is 0 Å². The van der Waals surface area contributed by atoms with Crippen LogP contribution in [0.2, 0.25) is 0 Å². The van der Waals surface area contributed by atoms with Crippen LogP contribution in [0.25, 0.3) is 0 Å². The molecule has 1 nitrogen and oxygen atoms in total. The molecule has 1 unspecified atom stereocenters. The molecule has 0 aliphatic heterocycles. The van der Waals surface area contributed by atoms with Crippen molar-refractivity contribution in [1.29, 1.82) is 5.26 Å². The lowest BCUT2D eigenvalue weighted by Gasteiger charge is -2.06. The van der Waals surface area contributed by atoms with E-state index in [1.807, 2.05) is 18.2 Å². The highest BCUT2D eigenvalue weighted by atomic mass is 14.2. The number of hydrogen-bond acceptors (Lipinski definition) is 1. The molecule has 0 saturated heterocycles. The third kappa shape index (κ3) is 3.60. The van der Waals surface area contributed by atoms with E-state index in [1.165, 1.54) is 5.56 Å². The number of nitrogens with zero attached hydrogens (tertiary/aromatic N) is 1. The van der Waals surface area contributed by atoms with Gasteiger partial charge in [0.15, 0.2) is 6.07 Å². The van der Waals surface area contributed by atoms with Crippen molar-refractivity contribution in [1.82, 2.24) is 0 Å². The van der Waals surface area contributed by atoms with E-state index in [9.17, 15) is 0 Å². The molecule has 0 saturated carbocycles. The van der Waals surface area contributed by atoms with E-state index < -0.39 is 0 Å². The summed E-state index contributed by atoms with van der Waals surface area (Å²) in [5.74, 6) is 10.7. The summed E-state index contributed by atoms with van der Waals surface area (Å²) in [7, 11) is 0. The Hall–Kier alpha value is -2.17. The summed E-state index contributed by atoms with van der Waals surface area (Å²) in [5, 5.41) is 8.21. The average Bonchev–Trinajstić information content (AvgIpc) is 2.30. The predicted molar refractivity (Wildman–Crippen MR) is 60.6 cm³/mol. The van der Waals surface area contributed by atoms with E-state index in [4.69, 9.17) is 5.26 Å². The van der Waals surface area contributed by atoms with Crippen molar-refractivity contribution in [2.45, 2.75) is 19.3 Å². The summed E-state index contributed by atoms with van der Waals surface area (Å²) >= 11 is 0. The summed E-state index contributed by atoms with van der Waals surface area (Å²) in [6.07, 6.45) is 0.950. The number of nitriles is 1. The van der Waals surface area contributed by atoms with Crippen LogP contribution in [0.1, 0.15) is 24.8 Å². The average molecular weight is 193 g/mol. The Morgan fingerprint density at radius 1 is 1.13 bits per heavy atom. The molecule has 0 aliphatic rings. The molecule has 0 bridgehead atoms. The molecule has 1 heteroatoms. The third-order valence-corrected chi connectivity index (χ3v) is 2.04. The molecular formula is C14H11N. The fourth-order valence-corrected chi connectivity index (χ4v) is 1.29. The summed E-state index contributed by atoms with van der Waals surface area (Å²) in [4.78, 5) is 0. The van der Waals surface area contributed by atoms with Crippen molar-refractivity contribution in [3.8, 4) is 29.8 Å². The van der Waals surface area contributed by atoms with Crippen molar-refractivity contribution in [3.63, 3.8) is 0 Å². The molecule has 0 spiro atoms. The van der Waals surface area contributed by atoms with E-state index >= 15 is 0 Å². The van der Waals surface area contributed by atoms with Gasteiger partial charge in [-0.3, -0.25) is 0 Å². The standard InChI is InChI=1S/C14H11N/c1-2-13(9-7-4-8-12-15)14-10-5-3-6-11-14/h3,5-6,10-11,13H,2H2,1H3. The van der Waals surface area contributed by atoms with Gasteiger partial charge in [0.1, 0.15) is 0 Å². The normalized spacial score (nSPS) is 9.87. The predicted octanol–water partition coefficient (Wildman–Crippen LogP) is 2.71. The van der Waals surface area contributed by atoms with Gasteiger partial charge in [-0.2, -0.15) is 5.26 Å². The molecular weight excluding hydrogens is 182 g/mol. The Kier molecular flexibility index (Phi) is 4.59. The quantitative estimate of drug-likeness (QED) is 0.662. The van der Waals surface area contributed by atoms with Crippen LogP contribution in [0.3, 0.4) is 0 Å². The topological polar surface area (TPSA) is 23.8 Å². The van der Waals surface area contributed by atoms with Gasteiger partial charge in [-0.1, -0.05) is 43.2 Å². The Balaban J connectivity index is 2.81. The fraction of sp³-hybridized carbons (Fsp3) is 0.214. The van der Waals surface area contributed by atoms with Crippen LogP contribution in [-0.4, -0.2) is 0 Å². The summed E-state index contributed by atoms with van der Waals surface area (Å²) < 4.78 is 0. The Bertz CT molecular complexity index is 457. The van der Waals surface area contributed by atoms with E-state index in [0.29, 0.717) is 0 Å². The van der Waals surface area contributed by atoms with Gasteiger partial charge in [-0.05, 0) is 17.9 Å². The molecule has 0 amide bonds. The molecule has 0 heterocycles. The van der Waals surface area contributed by atoms with Crippen LogP contribution in [0.4, 0.5) is 0 Å². The van der Waals surface area contributed by atoms with Gasteiger partial charge < -0.3 is 0 Å². The first-order chi connectivity index (χ1) is 7.38. The second kappa shape index (κ2) is 6.31. The minimum absolute atomic E-state index is 0.208. The minimum Gasteiger partial charge on any atom is -0.183 e. The SMILES string of the molecule is CCC(C#CC#CC#N)c1ccccc1. The van der Waals surface area contributed by atoms with Crippen LogP contribution in [-0.2, 0) is 0 Å². The molecule has 1 rings (SSSR count). The Labute approximate surface area is 90.7 Å². The van der Waals surface area contributed by atoms with Gasteiger partial charge in [0, 0.05) is 17.8 Å². The van der Waals surface area contributed by atoms with Crippen LogP contribution in [0.5, 0.6) is 0 Å². The van der Waals surface area contributed by atoms with Crippen LogP contribution < -0.4 is 0 Å².